The number of hydrogen-bond acceptors (Lipinski definition) is 4. The van der Waals surface area contributed by atoms with Crippen LogP contribution in [0, 0.1) is 0 Å². The Balaban J connectivity index is 1.89. The van der Waals surface area contributed by atoms with Crippen LogP contribution in [0.25, 0.3) is 23.3 Å². The van der Waals surface area contributed by atoms with E-state index in [0.29, 0.717) is 11.0 Å². The molecule has 0 aliphatic carbocycles. The summed E-state index contributed by atoms with van der Waals surface area (Å²) >= 11 is 0. The molecule has 0 saturated carbocycles. The van der Waals surface area contributed by atoms with Crippen LogP contribution in [0.1, 0.15) is 58.8 Å². The van der Waals surface area contributed by atoms with Gasteiger partial charge in [0.15, 0.2) is 0 Å². The molecule has 0 amide bonds. The van der Waals surface area contributed by atoms with Crippen molar-refractivity contribution in [2.75, 3.05) is 20.3 Å². The summed E-state index contributed by atoms with van der Waals surface area (Å²) in [7, 11) is 1.75. The molecular weight excluding hydrogens is 364 g/mol. The van der Waals surface area contributed by atoms with Crippen molar-refractivity contribution in [1.82, 2.24) is 0 Å². The SMILES string of the molecule is C/C=c1/oc(=O)c(-c2ccc(OCCCCCCCCOC)cc2)c/c1=C/CC. The van der Waals surface area contributed by atoms with E-state index in [1.54, 1.807) is 7.11 Å². The zero-order chi connectivity index (χ0) is 20.9. The van der Waals surface area contributed by atoms with E-state index in [9.17, 15) is 4.79 Å². The van der Waals surface area contributed by atoms with Gasteiger partial charge in [0.1, 0.15) is 11.2 Å². The first-order chi connectivity index (χ1) is 14.2. The van der Waals surface area contributed by atoms with Gasteiger partial charge in [-0.25, -0.2) is 4.79 Å². The highest BCUT2D eigenvalue weighted by atomic mass is 16.5. The smallest absolute Gasteiger partial charge is 0.344 e. The van der Waals surface area contributed by atoms with Gasteiger partial charge in [0.2, 0.25) is 0 Å². The monoisotopic (exact) mass is 398 g/mol. The number of rotatable bonds is 12. The highest BCUT2D eigenvalue weighted by Gasteiger charge is 2.06. The zero-order valence-electron chi connectivity index (χ0n) is 18.0. The fourth-order valence-corrected chi connectivity index (χ4v) is 3.28. The van der Waals surface area contributed by atoms with Crippen molar-refractivity contribution >= 4 is 12.2 Å². The third-order valence-corrected chi connectivity index (χ3v) is 4.87. The van der Waals surface area contributed by atoms with Crippen LogP contribution in [0.2, 0.25) is 0 Å². The summed E-state index contributed by atoms with van der Waals surface area (Å²) < 4.78 is 16.4. The maximum atomic E-state index is 12.4. The molecule has 1 aromatic carbocycles. The minimum absolute atomic E-state index is 0.314. The lowest BCUT2D eigenvalue weighted by molar-refractivity contribution is 0.191. The fraction of sp³-hybridized carbons (Fsp3) is 0.480. The predicted octanol–water partition coefficient (Wildman–Crippen LogP) is 4.66. The Morgan fingerprint density at radius 3 is 2.24 bits per heavy atom. The van der Waals surface area contributed by atoms with Gasteiger partial charge in [0, 0.05) is 18.9 Å². The lowest BCUT2D eigenvalue weighted by Gasteiger charge is -2.07. The lowest BCUT2D eigenvalue weighted by atomic mass is 10.1. The molecule has 1 heterocycles. The molecule has 0 atom stereocenters. The maximum absolute atomic E-state index is 12.4. The third-order valence-electron chi connectivity index (χ3n) is 4.87. The number of unbranched alkanes of at least 4 members (excludes halogenated alkanes) is 5. The number of methoxy groups -OCH3 is 1. The quantitative estimate of drug-likeness (QED) is 0.488. The molecular formula is C25H34O4. The maximum Gasteiger partial charge on any atom is 0.344 e. The molecule has 4 heteroatoms. The van der Waals surface area contributed by atoms with Crippen molar-refractivity contribution in [1.29, 1.82) is 0 Å². The van der Waals surface area contributed by atoms with Gasteiger partial charge in [-0.3, -0.25) is 0 Å². The number of ether oxygens (including phenoxy) is 2. The summed E-state index contributed by atoms with van der Waals surface area (Å²) in [4.78, 5) is 12.4. The highest BCUT2D eigenvalue weighted by molar-refractivity contribution is 5.63. The van der Waals surface area contributed by atoms with Crippen LogP contribution in [0.15, 0.2) is 39.5 Å². The van der Waals surface area contributed by atoms with E-state index < -0.39 is 0 Å². The van der Waals surface area contributed by atoms with Gasteiger partial charge in [-0.15, -0.1) is 0 Å². The van der Waals surface area contributed by atoms with Crippen LogP contribution in [-0.2, 0) is 4.74 Å². The van der Waals surface area contributed by atoms with Crippen molar-refractivity contribution in [2.24, 2.45) is 0 Å². The van der Waals surface area contributed by atoms with E-state index in [0.717, 1.165) is 49.0 Å². The molecule has 4 nitrogen and oxygen atoms in total. The average molecular weight is 399 g/mol. The van der Waals surface area contributed by atoms with Crippen molar-refractivity contribution in [3.8, 4) is 16.9 Å². The zero-order valence-corrected chi connectivity index (χ0v) is 18.0. The molecule has 0 unspecified atom stereocenters. The normalized spacial score (nSPS) is 12.5. The highest BCUT2D eigenvalue weighted by Crippen LogP contribution is 2.19. The molecule has 2 aromatic rings. The minimum Gasteiger partial charge on any atom is -0.494 e. The second-order valence-corrected chi connectivity index (χ2v) is 7.16. The van der Waals surface area contributed by atoms with E-state index in [1.165, 1.54) is 25.7 Å². The molecule has 0 bridgehead atoms. The van der Waals surface area contributed by atoms with E-state index in [4.69, 9.17) is 13.9 Å². The summed E-state index contributed by atoms with van der Waals surface area (Å²) in [5.41, 5.74) is 1.73. The van der Waals surface area contributed by atoms with Crippen LogP contribution in [-0.4, -0.2) is 20.3 Å². The van der Waals surface area contributed by atoms with Crippen LogP contribution >= 0.6 is 0 Å². The summed E-state index contributed by atoms with van der Waals surface area (Å²) in [5.74, 6) is 0.831. The van der Waals surface area contributed by atoms with E-state index in [2.05, 4.69) is 13.0 Å². The van der Waals surface area contributed by atoms with Gasteiger partial charge in [0.05, 0.1) is 12.2 Å². The lowest BCUT2D eigenvalue weighted by Crippen LogP contribution is -2.29. The van der Waals surface area contributed by atoms with Crippen molar-refractivity contribution in [3.05, 3.63) is 51.4 Å². The van der Waals surface area contributed by atoms with E-state index >= 15 is 0 Å². The van der Waals surface area contributed by atoms with Gasteiger partial charge < -0.3 is 13.9 Å². The molecule has 0 radical (unpaired) electrons. The van der Waals surface area contributed by atoms with Crippen LogP contribution in [0.5, 0.6) is 5.75 Å². The van der Waals surface area contributed by atoms with Gasteiger partial charge in [-0.05, 0) is 56.0 Å². The van der Waals surface area contributed by atoms with Gasteiger partial charge in [-0.2, -0.15) is 0 Å². The number of hydrogen-bond donors (Lipinski definition) is 0. The molecule has 2 rings (SSSR count). The summed E-state index contributed by atoms with van der Waals surface area (Å²) in [6, 6.07) is 9.59. The predicted molar refractivity (Wildman–Crippen MR) is 120 cm³/mol. The first-order valence-electron chi connectivity index (χ1n) is 10.7. The van der Waals surface area contributed by atoms with Crippen LogP contribution in [0.3, 0.4) is 0 Å². The second kappa shape index (κ2) is 13.0. The Morgan fingerprint density at radius 1 is 0.966 bits per heavy atom. The summed E-state index contributed by atoms with van der Waals surface area (Å²) in [6.07, 6.45) is 11.9. The van der Waals surface area contributed by atoms with E-state index in [-0.39, 0.29) is 5.63 Å². The topological polar surface area (TPSA) is 48.7 Å². The Kier molecular flexibility index (Phi) is 10.3. The van der Waals surface area contributed by atoms with E-state index in [1.807, 2.05) is 43.3 Å². The summed E-state index contributed by atoms with van der Waals surface area (Å²) in [6.45, 7) is 5.52. The van der Waals surface area contributed by atoms with Crippen molar-refractivity contribution in [2.45, 2.75) is 58.8 Å². The standard InChI is InChI=1S/C25H34O4/c1-4-12-21-19-23(25(26)29-24(21)5-2)20-13-15-22(16-14-20)28-18-11-9-7-6-8-10-17-27-3/h5,12-16,19H,4,6-11,17-18H2,1-3H3/b21-12-,24-5+. The molecule has 0 N–H and O–H groups in total. The van der Waals surface area contributed by atoms with Crippen molar-refractivity contribution < 1.29 is 13.9 Å². The fourth-order valence-electron chi connectivity index (χ4n) is 3.28. The van der Waals surface area contributed by atoms with Crippen LogP contribution in [0.4, 0.5) is 0 Å². The molecule has 1 aromatic heterocycles. The number of benzene rings is 1. The molecule has 0 aliphatic heterocycles. The molecule has 0 saturated heterocycles. The Morgan fingerprint density at radius 2 is 1.62 bits per heavy atom. The third kappa shape index (κ3) is 7.54. The van der Waals surface area contributed by atoms with Gasteiger partial charge in [-0.1, -0.05) is 50.8 Å². The second-order valence-electron chi connectivity index (χ2n) is 7.16. The van der Waals surface area contributed by atoms with Crippen LogP contribution < -0.4 is 21.0 Å². The molecule has 0 spiro atoms. The Hall–Kier alpha value is -2.33. The first-order valence-corrected chi connectivity index (χ1v) is 10.7. The first kappa shape index (κ1) is 23.0. The average Bonchev–Trinajstić information content (AvgIpc) is 2.74. The molecule has 158 valence electrons. The largest absolute Gasteiger partial charge is 0.494 e. The Bertz CT molecular complexity index is 894. The summed E-state index contributed by atoms with van der Waals surface area (Å²) in [5, 5.41) is 0.951. The van der Waals surface area contributed by atoms with Gasteiger partial charge >= 0.3 is 5.63 Å². The Labute approximate surface area is 173 Å². The minimum atomic E-state index is -0.314. The molecule has 0 aliphatic rings. The molecule has 0 fully saturated rings. The van der Waals surface area contributed by atoms with Crippen molar-refractivity contribution in [3.63, 3.8) is 0 Å². The molecule has 29 heavy (non-hydrogen) atoms. The van der Waals surface area contributed by atoms with Gasteiger partial charge in [0.25, 0.3) is 0 Å².